The summed E-state index contributed by atoms with van der Waals surface area (Å²) >= 11 is 0. The molecule has 0 heterocycles. The SMILES string of the molecule is CC(CO)CCCC(CO)CC(CO)CCCCCO. The van der Waals surface area contributed by atoms with E-state index >= 15 is 0 Å². The van der Waals surface area contributed by atoms with Gasteiger partial charge in [0.1, 0.15) is 0 Å². The van der Waals surface area contributed by atoms with Crippen LogP contribution in [0, 0.1) is 17.8 Å². The smallest absolute Gasteiger partial charge is 0.0459 e. The van der Waals surface area contributed by atoms with Crippen molar-refractivity contribution >= 4 is 0 Å². The summed E-state index contributed by atoms with van der Waals surface area (Å²) in [6.45, 7) is 2.87. The highest BCUT2D eigenvalue weighted by molar-refractivity contribution is 4.67. The zero-order valence-electron chi connectivity index (χ0n) is 13.0. The number of aliphatic hydroxyl groups excluding tert-OH is 4. The van der Waals surface area contributed by atoms with Crippen molar-refractivity contribution in [2.24, 2.45) is 17.8 Å². The predicted molar refractivity (Wildman–Crippen MR) is 81.4 cm³/mol. The molecule has 0 aliphatic heterocycles. The molecular weight excluding hydrogens is 256 g/mol. The van der Waals surface area contributed by atoms with Gasteiger partial charge in [0.15, 0.2) is 0 Å². The molecular formula is C16H34O4. The lowest BCUT2D eigenvalue weighted by Crippen LogP contribution is -2.16. The van der Waals surface area contributed by atoms with Crippen LogP contribution >= 0.6 is 0 Å². The third kappa shape index (κ3) is 10.6. The molecule has 0 aromatic rings. The van der Waals surface area contributed by atoms with Gasteiger partial charge in [-0.05, 0) is 49.9 Å². The van der Waals surface area contributed by atoms with Crippen LogP contribution in [0.4, 0.5) is 0 Å². The summed E-state index contributed by atoms with van der Waals surface area (Å²) < 4.78 is 0. The Labute approximate surface area is 123 Å². The Bertz CT molecular complexity index is 199. The minimum atomic E-state index is 0.181. The van der Waals surface area contributed by atoms with Gasteiger partial charge in [0.2, 0.25) is 0 Å². The van der Waals surface area contributed by atoms with Gasteiger partial charge in [-0.3, -0.25) is 0 Å². The second-order valence-electron chi connectivity index (χ2n) is 6.12. The van der Waals surface area contributed by atoms with Crippen LogP contribution in [0.15, 0.2) is 0 Å². The number of aliphatic hydroxyl groups is 4. The van der Waals surface area contributed by atoms with Gasteiger partial charge in [-0.15, -0.1) is 0 Å². The fourth-order valence-electron chi connectivity index (χ4n) is 2.61. The van der Waals surface area contributed by atoms with Crippen molar-refractivity contribution in [3.8, 4) is 0 Å². The van der Waals surface area contributed by atoms with Crippen LogP contribution in [-0.2, 0) is 0 Å². The van der Waals surface area contributed by atoms with Crippen molar-refractivity contribution in [3.05, 3.63) is 0 Å². The van der Waals surface area contributed by atoms with Crippen molar-refractivity contribution < 1.29 is 20.4 Å². The second-order valence-corrected chi connectivity index (χ2v) is 6.12. The van der Waals surface area contributed by atoms with Gasteiger partial charge in [-0.2, -0.15) is 0 Å². The van der Waals surface area contributed by atoms with Gasteiger partial charge >= 0.3 is 0 Å². The van der Waals surface area contributed by atoms with E-state index in [0.29, 0.717) is 5.92 Å². The molecule has 122 valence electrons. The molecule has 4 nitrogen and oxygen atoms in total. The first-order chi connectivity index (χ1) is 9.67. The van der Waals surface area contributed by atoms with E-state index in [-0.39, 0.29) is 38.3 Å². The van der Waals surface area contributed by atoms with Crippen LogP contribution in [0.5, 0.6) is 0 Å². The molecule has 0 rings (SSSR count). The molecule has 4 N–H and O–H groups in total. The quantitative estimate of drug-likeness (QED) is 0.369. The molecule has 20 heavy (non-hydrogen) atoms. The molecule has 0 saturated heterocycles. The summed E-state index contributed by atoms with van der Waals surface area (Å²) in [5.41, 5.74) is 0. The average molecular weight is 290 g/mol. The Morgan fingerprint density at radius 2 is 1.25 bits per heavy atom. The molecule has 0 radical (unpaired) electrons. The third-order valence-electron chi connectivity index (χ3n) is 4.07. The lowest BCUT2D eigenvalue weighted by molar-refractivity contribution is 0.144. The second kappa shape index (κ2) is 13.8. The van der Waals surface area contributed by atoms with E-state index in [1.807, 2.05) is 6.92 Å². The summed E-state index contributed by atoms with van der Waals surface area (Å²) in [7, 11) is 0. The number of unbranched alkanes of at least 4 members (excludes halogenated alkanes) is 2. The molecule has 0 saturated carbocycles. The topological polar surface area (TPSA) is 80.9 Å². The van der Waals surface area contributed by atoms with E-state index in [1.165, 1.54) is 0 Å². The first-order valence-corrected chi connectivity index (χ1v) is 8.11. The largest absolute Gasteiger partial charge is 0.396 e. The average Bonchev–Trinajstić information content (AvgIpc) is 2.48. The molecule has 0 aliphatic carbocycles. The monoisotopic (exact) mass is 290 g/mol. The molecule has 0 aliphatic rings. The molecule has 0 spiro atoms. The maximum atomic E-state index is 9.44. The molecule has 0 fully saturated rings. The van der Waals surface area contributed by atoms with Crippen molar-refractivity contribution in [2.75, 3.05) is 26.4 Å². The van der Waals surface area contributed by atoms with Crippen LogP contribution in [0.1, 0.15) is 58.3 Å². The summed E-state index contributed by atoms with van der Waals surface area (Å²) in [5, 5.41) is 36.6. The van der Waals surface area contributed by atoms with Crippen LogP contribution in [0.2, 0.25) is 0 Å². The van der Waals surface area contributed by atoms with Crippen LogP contribution in [0.25, 0.3) is 0 Å². The fourth-order valence-corrected chi connectivity index (χ4v) is 2.61. The van der Waals surface area contributed by atoms with Crippen molar-refractivity contribution in [1.29, 1.82) is 0 Å². The van der Waals surface area contributed by atoms with E-state index in [0.717, 1.165) is 51.4 Å². The van der Waals surface area contributed by atoms with Gasteiger partial charge < -0.3 is 20.4 Å². The molecule has 0 amide bonds. The third-order valence-corrected chi connectivity index (χ3v) is 4.07. The zero-order chi connectivity index (χ0) is 15.2. The predicted octanol–water partition coefficient (Wildman–Crippen LogP) is 1.94. The first-order valence-electron chi connectivity index (χ1n) is 8.11. The summed E-state index contributed by atoms with van der Waals surface area (Å²) in [6, 6.07) is 0. The van der Waals surface area contributed by atoms with Gasteiger partial charge in [-0.25, -0.2) is 0 Å². The maximum Gasteiger partial charge on any atom is 0.0459 e. The van der Waals surface area contributed by atoms with Gasteiger partial charge in [-0.1, -0.05) is 26.2 Å². The Balaban J connectivity index is 3.85. The molecule has 0 aromatic heterocycles. The maximum absolute atomic E-state index is 9.44. The highest BCUT2D eigenvalue weighted by Crippen LogP contribution is 2.23. The number of hydrogen-bond acceptors (Lipinski definition) is 4. The van der Waals surface area contributed by atoms with E-state index in [9.17, 15) is 10.2 Å². The lowest BCUT2D eigenvalue weighted by Gasteiger charge is -2.21. The Morgan fingerprint density at radius 3 is 1.75 bits per heavy atom. The van der Waals surface area contributed by atoms with Gasteiger partial charge in [0.25, 0.3) is 0 Å². The Kier molecular flexibility index (Phi) is 13.7. The Morgan fingerprint density at radius 1 is 0.650 bits per heavy atom. The first kappa shape index (κ1) is 19.8. The van der Waals surface area contributed by atoms with Crippen molar-refractivity contribution in [2.45, 2.75) is 58.3 Å². The van der Waals surface area contributed by atoms with Crippen LogP contribution < -0.4 is 0 Å². The lowest BCUT2D eigenvalue weighted by atomic mass is 9.87. The summed E-state index contributed by atoms with van der Waals surface area (Å²) in [5.74, 6) is 0.860. The minimum absolute atomic E-state index is 0.181. The highest BCUT2D eigenvalue weighted by atomic mass is 16.3. The van der Waals surface area contributed by atoms with E-state index < -0.39 is 0 Å². The van der Waals surface area contributed by atoms with Crippen LogP contribution in [0.3, 0.4) is 0 Å². The van der Waals surface area contributed by atoms with Gasteiger partial charge in [0.05, 0.1) is 0 Å². The number of rotatable bonds is 14. The van der Waals surface area contributed by atoms with Crippen LogP contribution in [-0.4, -0.2) is 46.9 Å². The molecule has 4 heteroatoms. The summed E-state index contributed by atoms with van der Waals surface area (Å²) in [4.78, 5) is 0. The number of hydrogen-bond donors (Lipinski definition) is 4. The van der Waals surface area contributed by atoms with Gasteiger partial charge in [0, 0.05) is 26.4 Å². The zero-order valence-corrected chi connectivity index (χ0v) is 13.0. The van der Waals surface area contributed by atoms with E-state index in [1.54, 1.807) is 0 Å². The minimum Gasteiger partial charge on any atom is -0.396 e. The Hall–Kier alpha value is -0.160. The molecule has 0 aromatic carbocycles. The molecule has 3 unspecified atom stereocenters. The van der Waals surface area contributed by atoms with E-state index in [4.69, 9.17) is 10.2 Å². The van der Waals surface area contributed by atoms with Crippen molar-refractivity contribution in [3.63, 3.8) is 0 Å². The summed E-state index contributed by atoms with van der Waals surface area (Å²) in [6.07, 6.45) is 7.70. The van der Waals surface area contributed by atoms with E-state index in [2.05, 4.69) is 0 Å². The highest BCUT2D eigenvalue weighted by Gasteiger charge is 2.15. The van der Waals surface area contributed by atoms with Crippen molar-refractivity contribution in [1.82, 2.24) is 0 Å². The normalized spacial score (nSPS) is 16.1. The molecule has 0 bridgehead atoms. The molecule has 3 atom stereocenters. The standard InChI is InChI=1S/C16H34O4/c1-14(11-18)6-5-8-16(13-20)10-15(12-19)7-3-2-4-9-17/h14-20H,2-13H2,1H3. The fraction of sp³-hybridized carbons (Fsp3) is 1.00.